The minimum absolute atomic E-state index is 0.0284. The summed E-state index contributed by atoms with van der Waals surface area (Å²) in [6, 6.07) is 7.06. The molecule has 4 N–H and O–H groups in total. The lowest BCUT2D eigenvalue weighted by Crippen LogP contribution is -2.41. The Balaban J connectivity index is 1.41. The molecule has 3 heterocycles. The number of nitrogens with zero attached hydrogens (tertiary/aromatic N) is 6. The van der Waals surface area contributed by atoms with Gasteiger partial charge in [0.15, 0.2) is 0 Å². The van der Waals surface area contributed by atoms with Gasteiger partial charge in [-0.2, -0.15) is 0 Å². The van der Waals surface area contributed by atoms with Gasteiger partial charge in [-0.1, -0.05) is 11.6 Å². The molecular formula is C25H24BrClN9O4+. The lowest BCUT2D eigenvalue weighted by molar-refractivity contribution is -0.880. The van der Waals surface area contributed by atoms with Crippen molar-refractivity contribution in [3.8, 4) is 0 Å². The van der Waals surface area contributed by atoms with E-state index in [1.54, 1.807) is 18.2 Å². The molecule has 0 radical (unpaired) electrons. The monoisotopic (exact) mass is 628 g/mol. The minimum Gasteiger partial charge on any atom is -0.363 e. The summed E-state index contributed by atoms with van der Waals surface area (Å²) in [7, 11) is 3.68. The molecular weight excluding hydrogens is 606 g/mol. The number of rotatable bonds is 10. The highest BCUT2D eigenvalue weighted by molar-refractivity contribution is 9.10. The summed E-state index contributed by atoms with van der Waals surface area (Å²) in [4.78, 5) is 51.3. The van der Waals surface area contributed by atoms with Gasteiger partial charge in [0.05, 0.1) is 49.4 Å². The number of carbonyl (C=O) groups is 2. The summed E-state index contributed by atoms with van der Waals surface area (Å²) < 4.78 is 1.04. The fraction of sp³-hybridized carbons (Fsp3) is 0.200. The number of nitrogens with two attached hydrogens (primary N) is 1. The van der Waals surface area contributed by atoms with Crippen LogP contribution in [0.25, 0.3) is 10.9 Å². The summed E-state index contributed by atoms with van der Waals surface area (Å²) >= 11 is 9.56. The Morgan fingerprint density at radius 1 is 1.25 bits per heavy atom. The first-order valence-corrected chi connectivity index (χ1v) is 12.9. The van der Waals surface area contributed by atoms with Crippen molar-refractivity contribution in [2.24, 2.45) is 10.7 Å². The molecule has 0 saturated heterocycles. The van der Waals surface area contributed by atoms with Gasteiger partial charge in [-0.25, -0.2) is 15.0 Å². The lowest BCUT2D eigenvalue weighted by atomic mass is 10.1. The van der Waals surface area contributed by atoms with Crippen molar-refractivity contribution in [1.29, 1.82) is 0 Å². The fourth-order valence-electron chi connectivity index (χ4n) is 4.00. The van der Waals surface area contributed by atoms with Gasteiger partial charge in [0.25, 0.3) is 5.91 Å². The first-order chi connectivity index (χ1) is 18.9. The molecule has 3 aromatic rings. The summed E-state index contributed by atoms with van der Waals surface area (Å²) in [5, 5.41) is 18.4. The number of aliphatic imine (C=N–C) groups is 1. The highest BCUT2D eigenvalue weighted by atomic mass is 79.9. The predicted molar refractivity (Wildman–Crippen MR) is 155 cm³/mol. The number of quaternary nitrogens is 1. The summed E-state index contributed by atoms with van der Waals surface area (Å²) in [6.45, 7) is 0.616. The third-order valence-electron chi connectivity index (χ3n) is 5.84. The number of anilines is 3. The molecule has 0 aliphatic carbocycles. The molecule has 40 heavy (non-hydrogen) atoms. The van der Waals surface area contributed by atoms with Crippen molar-refractivity contribution in [3.05, 3.63) is 79.9 Å². The predicted octanol–water partition coefficient (Wildman–Crippen LogP) is 3.57. The molecule has 0 bridgehead atoms. The average Bonchev–Trinajstić information content (AvgIpc) is 3.30. The third-order valence-corrected chi connectivity index (χ3v) is 7.07. The van der Waals surface area contributed by atoms with Crippen molar-refractivity contribution in [3.63, 3.8) is 0 Å². The van der Waals surface area contributed by atoms with E-state index < -0.39 is 16.7 Å². The number of fused-ring (bicyclic) bond motifs is 1. The molecule has 0 saturated carbocycles. The van der Waals surface area contributed by atoms with Crippen LogP contribution in [-0.2, 0) is 9.59 Å². The van der Waals surface area contributed by atoms with Crippen LogP contribution >= 0.6 is 27.5 Å². The van der Waals surface area contributed by atoms with E-state index in [9.17, 15) is 19.7 Å². The van der Waals surface area contributed by atoms with E-state index >= 15 is 0 Å². The van der Waals surface area contributed by atoms with Crippen LogP contribution in [0.1, 0.15) is 6.42 Å². The first kappa shape index (κ1) is 28.7. The minimum atomic E-state index is -0.786. The molecule has 1 aliphatic rings. The van der Waals surface area contributed by atoms with Crippen LogP contribution < -0.4 is 16.4 Å². The van der Waals surface area contributed by atoms with Crippen LogP contribution in [0.15, 0.2) is 69.8 Å². The number of nitro groups is 1. The highest BCUT2D eigenvalue weighted by Gasteiger charge is 2.35. The number of aromatic nitrogens is 3. The maximum Gasteiger partial charge on any atom is 0.369 e. The van der Waals surface area contributed by atoms with E-state index in [1.165, 1.54) is 18.6 Å². The molecule has 0 atom stereocenters. The number of halogens is 2. The summed E-state index contributed by atoms with van der Waals surface area (Å²) in [6.07, 6.45) is 5.98. The Kier molecular flexibility index (Phi) is 8.52. The Morgan fingerprint density at radius 2 is 2.02 bits per heavy atom. The van der Waals surface area contributed by atoms with Gasteiger partial charge in [0, 0.05) is 21.6 Å². The molecule has 15 heteroatoms. The van der Waals surface area contributed by atoms with Crippen molar-refractivity contribution in [1.82, 2.24) is 15.0 Å². The zero-order valence-corrected chi connectivity index (χ0v) is 23.7. The molecule has 0 unspecified atom stereocenters. The summed E-state index contributed by atoms with van der Waals surface area (Å²) in [5.74, 6) is -0.751. The van der Waals surface area contributed by atoms with Crippen LogP contribution in [0, 0.1) is 10.1 Å². The van der Waals surface area contributed by atoms with E-state index in [2.05, 4.69) is 46.5 Å². The Hall–Kier alpha value is -4.27. The van der Waals surface area contributed by atoms with Crippen molar-refractivity contribution in [2.45, 2.75) is 6.42 Å². The molecule has 2 amide bonds. The van der Waals surface area contributed by atoms with Crippen molar-refractivity contribution in [2.75, 3.05) is 37.8 Å². The van der Waals surface area contributed by atoms with Crippen LogP contribution in [-0.4, -0.2) is 69.1 Å². The van der Waals surface area contributed by atoms with E-state index in [1.807, 2.05) is 26.2 Å². The van der Waals surface area contributed by atoms with E-state index in [4.69, 9.17) is 17.3 Å². The van der Waals surface area contributed by atoms with E-state index in [0.717, 1.165) is 10.2 Å². The number of benzene rings is 1. The van der Waals surface area contributed by atoms with Crippen molar-refractivity contribution < 1.29 is 19.0 Å². The van der Waals surface area contributed by atoms with Gasteiger partial charge in [-0.05, 0) is 56.2 Å². The quantitative estimate of drug-likeness (QED) is 0.132. The molecule has 1 aliphatic heterocycles. The summed E-state index contributed by atoms with van der Waals surface area (Å²) in [5.41, 5.74) is 6.90. The maximum absolute atomic E-state index is 12.6. The number of amides is 2. The molecule has 0 spiro atoms. The van der Waals surface area contributed by atoms with Gasteiger partial charge in [-0.15, -0.1) is 0 Å². The standard InChI is InChI=1S/C25H23BrClN9O4/c1-36(2,12-14-8-19(23(28)38)33-25(14)35(39)40)7-3-4-22(37)34-21-10-16-20(11-29-21)30-13-31-24(16)32-15-5-6-17(26)18(27)9-15/h3-6,9-11,13H,7-8,12H2,1-2H3,(H3-,28,29,30,31,32,33,34,37,38)/p+1/b4-3+. The smallest absolute Gasteiger partial charge is 0.363 e. The second-order valence-electron chi connectivity index (χ2n) is 9.51. The Bertz CT molecular complexity index is 1620. The van der Waals surface area contributed by atoms with Crippen LogP contribution in [0.5, 0.6) is 0 Å². The topological polar surface area (TPSA) is 178 Å². The zero-order valence-electron chi connectivity index (χ0n) is 21.4. The zero-order chi connectivity index (χ0) is 29.0. The largest absolute Gasteiger partial charge is 0.369 e. The third kappa shape index (κ3) is 7.02. The number of hydrogen-bond acceptors (Lipinski definition) is 9. The molecule has 13 nitrogen and oxygen atoms in total. The second-order valence-corrected chi connectivity index (χ2v) is 10.8. The number of hydrogen-bond donors (Lipinski definition) is 3. The van der Waals surface area contributed by atoms with Gasteiger partial charge in [0.1, 0.15) is 24.5 Å². The first-order valence-electron chi connectivity index (χ1n) is 11.8. The van der Waals surface area contributed by atoms with Gasteiger partial charge < -0.3 is 31.0 Å². The second kappa shape index (κ2) is 11.9. The number of primary amides is 1. The fourth-order valence-corrected chi connectivity index (χ4v) is 4.43. The van der Waals surface area contributed by atoms with Crippen LogP contribution in [0.2, 0.25) is 5.02 Å². The van der Waals surface area contributed by atoms with Gasteiger partial charge in [-0.3, -0.25) is 9.59 Å². The van der Waals surface area contributed by atoms with Gasteiger partial charge in [0.2, 0.25) is 11.6 Å². The number of carbonyl (C=O) groups excluding carboxylic acids is 2. The van der Waals surface area contributed by atoms with E-state index in [-0.39, 0.29) is 29.0 Å². The molecule has 206 valence electrons. The SMILES string of the molecule is C[N+](C)(C/C=C/C(=O)Nc1cc2c(Nc3ccc(Br)c(Cl)c3)ncnc2cn1)CC1=C([N+](=O)[O-])N=C(C(N)=O)C1. The molecule has 0 fully saturated rings. The van der Waals surface area contributed by atoms with Crippen molar-refractivity contribution >= 4 is 73.3 Å². The number of pyridine rings is 1. The number of likely N-dealkylation sites (N-methyl/N-ethyl adjacent to an activating group) is 1. The maximum atomic E-state index is 12.6. The average molecular weight is 630 g/mol. The highest BCUT2D eigenvalue weighted by Crippen LogP contribution is 2.29. The van der Waals surface area contributed by atoms with Crippen LogP contribution in [0.4, 0.5) is 17.3 Å². The normalized spacial score (nSPS) is 13.6. The van der Waals surface area contributed by atoms with Gasteiger partial charge >= 0.3 is 5.82 Å². The molecule has 2 aromatic heterocycles. The molecule has 1 aromatic carbocycles. The molecule has 4 rings (SSSR count). The van der Waals surface area contributed by atoms with Crippen LogP contribution in [0.3, 0.4) is 0 Å². The Labute approximate surface area is 241 Å². The lowest BCUT2D eigenvalue weighted by Gasteiger charge is -2.28. The number of nitrogens with one attached hydrogen (secondary N) is 2. The van der Waals surface area contributed by atoms with E-state index in [0.29, 0.717) is 39.7 Å². The Morgan fingerprint density at radius 3 is 2.73 bits per heavy atom.